The molecule has 1 amide bonds. The molecule has 1 aromatic carbocycles. The molecule has 0 spiro atoms. The average Bonchev–Trinajstić information content (AvgIpc) is 3.23. The molecule has 24 heavy (non-hydrogen) atoms. The second-order valence-electron chi connectivity index (χ2n) is 7.94. The maximum Gasteiger partial charge on any atom is 0.494 e. The minimum Gasteiger partial charge on any atom is -0.399 e. The number of nitrogens with one attached hydrogen (secondary N) is 1. The molecule has 6 heteroatoms. The molecular weight excluding hydrogens is 308 g/mol. The van der Waals surface area contributed by atoms with Crippen LogP contribution in [0.3, 0.4) is 0 Å². The van der Waals surface area contributed by atoms with Gasteiger partial charge in [-0.1, -0.05) is 6.07 Å². The van der Waals surface area contributed by atoms with Crippen molar-refractivity contribution in [1.29, 1.82) is 0 Å². The van der Waals surface area contributed by atoms with Crippen molar-refractivity contribution in [2.45, 2.75) is 58.7 Å². The van der Waals surface area contributed by atoms with Crippen LogP contribution in [0.1, 0.15) is 56.5 Å². The van der Waals surface area contributed by atoms with E-state index in [2.05, 4.69) is 5.32 Å². The minimum atomic E-state index is -0.633. The van der Waals surface area contributed by atoms with Gasteiger partial charge in [0.25, 0.3) is 5.91 Å². The average molecular weight is 333 g/mol. The Bertz CT molecular complexity index is 631. The van der Waals surface area contributed by atoms with Gasteiger partial charge in [0.15, 0.2) is 0 Å². The van der Waals surface area contributed by atoms with Crippen LogP contribution in [0.2, 0.25) is 0 Å². The Labute approximate surface area is 143 Å². The van der Waals surface area contributed by atoms with Crippen molar-refractivity contribution < 1.29 is 18.5 Å². The first-order chi connectivity index (χ1) is 11.1. The Balaban J connectivity index is 1.81. The second-order valence-corrected chi connectivity index (χ2v) is 7.94. The molecule has 1 heterocycles. The zero-order chi connectivity index (χ0) is 17.7. The summed E-state index contributed by atoms with van der Waals surface area (Å²) in [6.07, 6.45) is 2.28. The quantitative estimate of drug-likeness (QED) is 0.862. The van der Waals surface area contributed by atoms with Gasteiger partial charge in [-0.2, -0.15) is 0 Å². The molecule has 0 radical (unpaired) electrons. The Kier molecular flexibility index (Phi) is 4.25. The molecule has 0 bridgehead atoms. The fourth-order valence-electron chi connectivity index (χ4n) is 2.82. The van der Waals surface area contributed by atoms with E-state index >= 15 is 0 Å². The van der Waals surface area contributed by atoms with Gasteiger partial charge in [0.2, 0.25) is 0 Å². The van der Waals surface area contributed by atoms with Gasteiger partial charge in [0.1, 0.15) is 5.82 Å². The third kappa shape index (κ3) is 3.22. The molecule has 0 atom stereocenters. The van der Waals surface area contributed by atoms with Crippen LogP contribution in [0.4, 0.5) is 4.39 Å². The number of rotatable bonds is 4. The van der Waals surface area contributed by atoms with Crippen molar-refractivity contribution in [1.82, 2.24) is 5.32 Å². The molecule has 2 fully saturated rings. The Hall–Kier alpha value is -1.40. The first kappa shape index (κ1) is 17.4. The highest BCUT2D eigenvalue weighted by atomic mass is 19.1. The first-order valence-electron chi connectivity index (χ1n) is 8.54. The molecule has 1 aliphatic heterocycles. The van der Waals surface area contributed by atoms with Crippen molar-refractivity contribution in [3.05, 3.63) is 29.1 Å². The standard InChI is InChI=1S/C18H25BFNO3/c1-11-8-13(19-23-17(2,3)18(4,5)24-19)9-14(20)15(11)16(22)21-10-12-6-7-12/h8-9,12H,6-7,10H2,1-5H3,(H,21,22). The van der Waals surface area contributed by atoms with E-state index in [0.29, 0.717) is 23.5 Å². The van der Waals surface area contributed by atoms with Gasteiger partial charge in [0.05, 0.1) is 16.8 Å². The predicted molar refractivity (Wildman–Crippen MR) is 91.9 cm³/mol. The highest BCUT2D eigenvalue weighted by molar-refractivity contribution is 6.62. The highest BCUT2D eigenvalue weighted by Gasteiger charge is 2.51. The number of amides is 1. The second kappa shape index (κ2) is 5.85. The third-order valence-electron chi connectivity index (χ3n) is 5.31. The van der Waals surface area contributed by atoms with Gasteiger partial charge in [-0.05, 0) is 70.5 Å². The summed E-state index contributed by atoms with van der Waals surface area (Å²) < 4.78 is 26.5. The van der Waals surface area contributed by atoms with Gasteiger partial charge in [0, 0.05) is 6.54 Å². The minimum absolute atomic E-state index is 0.107. The topological polar surface area (TPSA) is 47.6 Å². The van der Waals surface area contributed by atoms with Crippen molar-refractivity contribution in [3.8, 4) is 0 Å². The van der Waals surface area contributed by atoms with Crippen LogP contribution in [-0.4, -0.2) is 30.8 Å². The highest BCUT2D eigenvalue weighted by Crippen LogP contribution is 2.36. The smallest absolute Gasteiger partial charge is 0.399 e. The van der Waals surface area contributed by atoms with E-state index < -0.39 is 24.1 Å². The summed E-state index contributed by atoms with van der Waals surface area (Å²) in [6, 6.07) is 3.12. The summed E-state index contributed by atoms with van der Waals surface area (Å²) in [4.78, 5) is 12.2. The van der Waals surface area contributed by atoms with Gasteiger partial charge in [-0.3, -0.25) is 4.79 Å². The summed E-state index contributed by atoms with van der Waals surface area (Å²) >= 11 is 0. The number of benzene rings is 1. The van der Waals surface area contributed by atoms with E-state index in [1.807, 2.05) is 27.7 Å². The van der Waals surface area contributed by atoms with Crippen molar-refractivity contribution in [2.24, 2.45) is 5.92 Å². The van der Waals surface area contributed by atoms with Crippen LogP contribution < -0.4 is 10.8 Å². The summed E-state index contributed by atoms with van der Waals surface area (Å²) in [7, 11) is -0.633. The zero-order valence-electron chi connectivity index (χ0n) is 15.0. The molecule has 0 aromatic heterocycles. The van der Waals surface area contributed by atoms with Crippen LogP contribution in [0, 0.1) is 18.7 Å². The Morgan fingerprint density at radius 1 is 1.25 bits per heavy atom. The van der Waals surface area contributed by atoms with Gasteiger partial charge in [-0.15, -0.1) is 0 Å². The molecule has 1 saturated carbocycles. The molecule has 0 unspecified atom stereocenters. The fourth-order valence-corrected chi connectivity index (χ4v) is 2.82. The van der Waals surface area contributed by atoms with Crippen molar-refractivity contribution in [3.63, 3.8) is 0 Å². The lowest BCUT2D eigenvalue weighted by Gasteiger charge is -2.32. The molecule has 1 aromatic rings. The van der Waals surface area contributed by atoms with Crippen molar-refractivity contribution >= 4 is 18.5 Å². The van der Waals surface area contributed by atoms with Gasteiger partial charge < -0.3 is 14.6 Å². The molecule has 4 nitrogen and oxygen atoms in total. The summed E-state index contributed by atoms with van der Waals surface area (Å²) in [5.74, 6) is -0.327. The van der Waals surface area contributed by atoms with Crippen LogP contribution >= 0.6 is 0 Å². The largest absolute Gasteiger partial charge is 0.494 e. The van der Waals surface area contributed by atoms with Crippen molar-refractivity contribution in [2.75, 3.05) is 6.54 Å². The third-order valence-corrected chi connectivity index (χ3v) is 5.31. The summed E-state index contributed by atoms with van der Waals surface area (Å²) in [5, 5.41) is 2.82. The van der Waals surface area contributed by atoms with E-state index in [-0.39, 0.29) is 11.5 Å². The number of hydrogen-bond donors (Lipinski definition) is 1. The molecule has 1 N–H and O–H groups in total. The maximum atomic E-state index is 14.6. The van der Waals surface area contributed by atoms with E-state index in [0.717, 1.165) is 12.8 Å². The van der Waals surface area contributed by atoms with E-state index in [9.17, 15) is 9.18 Å². The van der Waals surface area contributed by atoms with Crippen LogP contribution in [0.15, 0.2) is 12.1 Å². The molecule has 2 aliphatic rings. The van der Waals surface area contributed by atoms with Gasteiger partial charge >= 0.3 is 7.12 Å². The normalized spacial score (nSPS) is 21.8. The van der Waals surface area contributed by atoms with Gasteiger partial charge in [-0.25, -0.2) is 4.39 Å². The zero-order valence-corrected chi connectivity index (χ0v) is 15.0. The SMILES string of the molecule is Cc1cc(B2OC(C)(C)C(C)(C)O2)cc(F)c1C(=O)NCC1CC1. The number of carbonyl (C=O) groups is 1. The molecule has 1 aliphatic carbocycles. The lowest BCUT2D eigenvalue weighted by molar-refractivity contribution is 0.00578. The van der Waals surface area contributed by atoms with E-state index in [1.165, 1.54) is 6.07 Å². The predicted octanol–water partition coefficient (Wildman–Crippen LogP) is 2.57. The molecule has 3 rings (SSSR count). The Morgan fingerprint density at radius 2 is 1.83 bits per heavy atom. The fraction of sp³-hybridized carbons (Fsp3) is 0.611. The number of carbonyl (C=O) groups excluding carboxylic acids is 1. The number of aryl methyl sites for hydroxylation is 1. The monoisotopic (exact) mass is 333 g/mol. The molecular formula is C18H25BFNO3. The molecule has 130 valence electrons. The van der Waals surface area contributed by atoms with Crippen LogP contribution in [-0.2, 0) is 9.31 Å². The maximum absolute atomic E-state index is 14.6. The first-order valence-corrected chi connectivity index (χ1v) is 8.54. The number of hydrogen-bond acceptors (Lipinski definition) is 3. The summed E-state index contributed by atoms with van der Waals surface area (Å²) in [5.41, 5.74) is 0.330. The lowest BCUT2D eigenvalue weighted by Crippen LogP contribution is -2.41. The van der Waals surface area contributed by atoms with E-state index in [4.69, 9.17) is 9.31 Å². The lowest BCUT2D eigenvalue weighted by atomic mass is 9.77. The van der Waals surface area contributed by atoms with Crippen LogP contribution in [0.25, 0.3) is 0 Å². The summed E-state index contributed by atoms with van der Waals surface area (Å²) in [6.45, 7) is 10.2. The van der Waals surface area contributed by atoms with E-state index in [1.54, 1.807) is 13.0 Å². The Morgan fingerprint density at radius 3 is 2.33 bits per heavy atom. The van der Waals surface area contributed by atoms with Crippen LogP contribution in [0.5, 0.6) is 0 Å². The molecule has 1 saturated heterocycles. The number of halogens is 1.